The average Bonchev–Trinajstić information content (AvgIpc) is 3.10. The van der Waals surface area contributed by atoms with Crippen LogP contribution < -0.4 is 10.2 Å². The maximum atomic E-state index is 6.33. The summed E-state index contributed by atoms with van der Waals surface area (Å²) in [6, 6.07) is 8.06. The van der Waals surface area contributed by atoms with Crippen LogP contribution in [-0.2, 0) is 6.54 Å². The van der Waals surface area contributed by atoms with Crippen molar-refractivity contribution in [1.82, 2.24) is 19.8 Å². The summed E-state index contributed by atoms with van der Waals surface area (Å²) in [5, 5.41) is 4.33. The summed E-state index contributed by atoms with van der Waals surface area (Å²) in [7, 11) is 1.86. The Bertz CT molecular complexity index is 755. The molecule has 0 spiro atoms. The lowest BCUT2D eigenvalue weighted by atomic mass is 10.2. The lowest BCUT2D eigenvalue weighted by molar-refractivity contribution is 0.372. The van der Waals surface area contributed by atoms with Gasteiger partial charge < -0.3 is 19.7 Å². The number of piperazine rings is 1. The largest absolute Gasteiger partial charge is 0.367 e. The molecular weight excluding hydrogens is 487 g/mol. The average molecular weight is 517 g/mol. The van der Waals surface area contributed by atoms with Gasteiger partial charge in [-0.3, -0.25) is 4.99 Å². The van der Waals surface area contributed by atoms with Crippen molar-refractivity contribution in [2.24, 2.45) is 4.99 Å². The van der Waals surface area contributed by atoms with Crippen molar-refractivity contribution >= 4 is 47.2 Å². The van der Waals surface area contributed by atoms with E-state index in [0.29, 0.717) is 0 Å². The Balaban J connectivity index is 0.00000280. The van der Waals surface area contributed by atoms with Gasteiger partial charge in [0.1, 0.15) is 5.82 Å². The predicted octanol–water partition coefficient (Wildman–Crippen LogP) is 3.64. The molecule has 2 heterocycles. The van der Waals surface area contributed by atoms with E-state index in [-0.39, 0.29) is 24.0 Å². The zero-order valence-electron chi connectivity index (χ0n) is 16.6. The van der Waals surface area contributed by atoms with Gasteiger partial charge in [-0.05, 0) is 31.9 Å². The molecule has 0 aliphatic carbocycles. The number of aromatic nitrogens is 2. The van der Waals surface area contributed by atoms with Crippen molar-refractivity contribution in [2.45, 2.75) is 26.3 Å². The first-order valence-corrected chi connectivity index (χ1v) is 9.99. The lowest BCUT2D eigenvalue weighted by Crippen LogP contribution is -2.52. The normalized spacial score (nSPS) is 14.8. The van der Waals surface area contributed by atoms with Crippen LogP contribution in [0.25, 0.3) is 0 Å². The smallest absolute Gasteiger partial charge is 0.193 e. The Morgan fingerprint density at radius 3 is 2.57 bits per heavy atom. The van der Waals surface area contributed by atoms with Crippen LogP contribution in [0.4, 0.5) is 5.69 Å². The molecule has 1 aromatic carbocycles. The molecule has 1 aromatic heterocycles. The Hall–Kier alpha value is -1.48. The predicted molar refractivity (Wildman–Crippen MR) is 128 cm³/mol. The molecule has 1 fully saturated rings. The van der Waals surface area contributed by atoms with Gasteiger partial charge in [-0.1, -0.05) is 23.7 Å². The fraction of sp³-hybridized carbons (Fsp3) is 0.500. The molecule has 1 N–H and O–H groups in total. The van der Waals surface area contributed by atoms with Gasteiger partial charge in [-0.2, -0.15) is 0 Å². The molecular formula is C20H30ClIN6. The van der Waals surface area contributed by atoms with E-state index in [1.807, 2.05) is 44.6 Å². The van der Waals surface area contributed by atoms with Gasteiger partial charge in [0.25, 0.3) is 0 Å². The number of rotatable bonds is 6. The third-order valence-corrected chi connectivity index (χ3v) is 5.34. The first-order valence-electron chi connectivity index (χ1n) is 9.62. The number of guanidine groups is 1. The highest BCUT2D eigenvalue weighted by Gasteiger charge is 2.20. The van der Waals surface area contributed by atoms with E-state index in [9.17, 15) is 0 Å². The van der Waals surface area contributed by atoms with Crippen molar-refractivity contribution in [3.8, 4) is 0 Å². The summed E-state index contributed by atoms with van der Waals surface area (Å²) in [6.07, 6.45) is 6.13. The number of aryl methyl sites for hydroxylation is 2. The molecule has 6 nitrogen and oxygen atoms in total. The van der Waals surface area contributed by atoms with Crippen LogP contribution >= 0.6 is 35.6 Å². The number of nitrogens with one attached hydrogen (secondary N) is 1. The second-order valence-electron chi connectivity index (χ2n) is 6.77. The van der Waals surface area contributed by atoms with Gasteiger partial charge in [0.15, 0.2) is 5.96 Å². The fourth-order valence-corrected chi connectivity index (χ4v) is 3.70. The zero-order valence-corrected chi connectivity index (χ0v) is 19.7. The molecule has 0 unspecified atom stereocenters. The number of halogens is 2. The summed E-state index contributed by atoms with van der Waals surface area (Å²) in [4.78, 5) is 13.4. The second-order valence-corrected chi connectivity index (χ2v) is 7.18. The van der Waals surface area contributed by atoms with Gasteiger partial charge >= 0.3 is 0 Å². The molecule has 0 atom stereocenters. The monoisotopic (exact) mass is 516 g/mol. The molecule has 1 aliphatic rings. The fourth-order valence-electron chi connectivity index (χ4n) is 3.45. The summed E-state index contributed by atoms with van der Waals surface area (Å²) in [5.41, 5.74) is 1.12. The Labute approximate surface area is 190 Å². The molecule has 0 bridgehead atoms. The molecule has 28 heavy (non-hydrogen) atoms. The van der Waals surface area contributed by atoms with E-state index in [2.05, 4.69) is 35.7 Å². The van der Waals surface area contributed by atoms with E-state index in [0.717, 1.165) is 74.6 Å². The molecule has 0 amide bonds. The van der Waals surface area contributed by atoms with Crippen LogP contribution in [0.15, 0.2) is 41.7 Å². The first kappa shape index (κ1) is 22.8. The number of hydrogen-bond donors (Lipinski definition) is 1. The maximum absolute atomic E-state index is 6.33. The van der Waals surface area contributed by atoms with Gasteiger partial charge in [0.05, 0.1) is 10.7 Å². The molecule has 154 valence electrons. The SMILES string of the molecule is CN=C(NCCCCn1ccnc1C)N1CCN(c2ccccc2Cl)CC1.I. The summed E-state index contributed by atoms with van der Waals surface area (Å²) < 4.78 is 2.20. The number of aliphatic imine (C=N–C) groups is 1. The van der Waals surface area contributed by atoms with Crippen LogP contribution in [0.5, 0.6) is 0 Å². The van der Waals surface area contributed by atoms with Crippen LogP contribution in [0, 0.1) is 6.92 Å². The third-order valence-electron chi connectivity index (χ3n) is 5.02. The minimum absolute atomic E-state index is 0. The Morgan fingerprint density at radius 2 is 1.93 bits per heavy atom. The van der Waals surface area contributed by atoms with E-state index >= 15 is 0 Å². The van der Waals surface area contributed by atoms with Gasteiger partial charge in [-0.25, -0.2) is 4.98 Å². The molecule has 8 heteroatoms. The summed E-state index contributed by atoms with van der Waals surface area (Å²) >= 11 is 6.33. The van der Waals surface area contributed by atoms with E-state index in [1.165, 1.54) is 0 Å². The number of anilines is 1. The lowest BCUT2D eigenvalue weighted by Gasteiger charge is -2.38. The van der Waals surface area contributed by atoms with Gasteiger partial charge in [0, 0.05) is 58.7 Å². The topological polar surface area (TPSA) is 48.7 Å². The van der Waals surface area contributed by atoms with Gasteiger partial charge in [-0.15, -0.1) is 24.0 Å². The third kappa shape index (κ3) is 6.01. The Kier molecular flexibility index (Phi) is 9.37. The highest BCUT2D eigenvalue weighted by molar-refractivity contribution is 14.0. The number of nitrogens with zero attached hydrogens (tertiary/aromatic N) is 5. The zero-order chi connectivity index (χ0) is 19.1. The highest BCUT2D eigenvalue weighted by Crippen LogP contribution is 2.25. The van der Waals surface area contributed by atoms with E-state index in [1.54, 1.807) is 0 Å². The van der Waals surface area contributed by atoms with Crippen LogP contribution in [0.1, 0.15) is 18.7 Å². The van der Waals surface area contributed by atoms with E-state index in [4.69, 9.17) is 11.6 Å². The van der Waals surface area contributed by atoms with Crippen molar-refractivity contribution in [1.29, 1.82) is 0 Å². The molecule has 1 saturated heterocycles. The number of benzene rings is 1. The maximum Gasteiger partial charge on any atom is 0.193 e. The van der Waals surface area contributed by atoms with Crippen molar-refractivity contribution < 1.29 is 0 Å². The van der Waals surface area contributed by atoms with Crippen molar-refractivity contribution in [3.63, 3.8) is 0 Å². The summed E-state index contributed by atoms with van der Waals surface area (Å²) in [5.74, 6) is 2.07. The first-order chi connectivity index (χ1) is 13.2. The standard InChI is InChI=1S/C20H29ClN6.HI/c1-17-23-10-12-25(17)11-6-5-9-24-20(22-2)27-15-13-26(14-16-27)19-8-4-3-7-18(19)21;/h3-4,7-8,10,12H,5-6,9,11,13-16H2,1-2H3,(H,22,24);1H. The quantitative estimate of drug-likeness (QED) is 0.276. The Morgan fingerprint density at radius 1 is 1.18 bits per heavy atom. The van der Waals surface area contributed by atoms with Crippen molar-refractivity contribution in [3.05, 3.63) is 47.5 Å². The number of unbranched alkanes of at least 4 members (excludes halogenated alkanes) is 1. The minimum Gasteiger partial charge on any atom is -0.367 e. The molecule has 1 aliphatic heterocycles. The summed E-state index contributed by atoms with van der Waals surface area (Å²) in [6.45, 7) is 7.78. The minimum atomic E-state index is 0. The highest BCUT2D eigenvalue weighted by atomic mass is 127. The van der Waals surface area contributed by atoms with Crippen LogP contribution in [-0.4, -0.2) is 60.2 Å². The molecule has 3 rings (SSSR count). The van der Waals surface area contributed by atoms with Crippen molar-refractivity contribution in [2.75, 3.05) is 44.7 Å². The van der Waals surface area contributed by atoms with Crippen LogP contribution in [0.3, 0.4) is 0 Å². The number of para-hydroxylation sites is 1. The van der Waals surface area contributed by atoms with Gasteiger partial charge in [0.2, 0.25) is 0 Å². The van der Waals surface area contributed by atoms with E-state index < -0.39 is 0 Å². The molecule has 0 radical (unpaired) electrons. The molecule has 2 aromatic rings. The second kappa shape index (κ2) is 11.5. The van der Waals surface area contributed by atoms with Crippen LogP contribution in [0.2, 0.25) is 5.02 Å². The number of hydrogen-bond acceptors (Lipinski definition) is 3. The number of imidazole rings is 1. The molecule has 0 saturated carbocycles.